The van der Waals surface area contributed by atoms with E-state index in [9.17, 15) is 22.8 Å². The molecule has 7 heteroatoms. The highest BCUT2D eigenvalue weighted by Gasteiger charge is 2.66. The maximum atomic E-state index is 12.7. The molecule has 1 saturated carbocycles. The number of nitrogens with zero attached hydrogens (tertiary/aromatic N) is 1. The molecular weight excluding hydrogens is 275 g/mol. The highest BCUT2D eigenvalue weighted by atomic mass is 19.4. The van der Waals surface area contributed by atoms with Gasteiger partial charge < -0.3 is 10.0 Å². The average Bonchev–Trinajstić information content (AvgIpc) is 2.90. The van der Waals surface area contributed by atoms with Gasteiger partial charge in [0.05, 0.1) is 17.8 Å². The Bertz CT molecular complexity index is 433. The molecule has 1 N–H and O–H groups in total. The second-order valence-electron chi connectivity index (χ2n) is 6.28. The summed E-state index contributed by atoms with van der Waals surface area (Å²) in [5.41, 5.74) is -0.673. The first-order chi connectivity index (χ1) is 9.06. The Morgan fingerprint density at radius 2 is 1.85 bits per heavy atom. The first kappa shape index (κ1) is 15.1. The molecule has 1 saturated heterocycles. The van der Waals surface area contributed by atoms with Crippen LogP contribution in [0.2, 0.25) is 0 Å². The first-order valence-electron chi connectivity index (χ1n) is 6.65. The zero-order valence-electron chi connectivity index (χ0n) is 11.4. The van der Waals surface area contributed by atoms with Crippen LogP contribution in [0.5, 0.6) is 0 Å². The van der Waals surface area contributed by atoms with Crippen molar-refractivity contribution in [3.63, 3.8) is 0 Å². The van der Waals surface area contributed by atoms with E-state index in [0.717, 1.165) is 0 Å². The molecule has 1 heterocycles. The normalized spacial score (nSPS) is 32.9. The number of alkyl halides is 3. The van der Waals surface area contributed by atoms with E-state index in [1.165, 1.54) is 4.90 Å². The monoisotopic (exact) mass is 293 g/mol. The van der Waals surface area contributed by atoms with Crippen molar-refractivity contribution in [1.29, 1.82) is 0 Å². The van der Waals surface area contributed by atoms with Crippen molar-refractivity contribution in [2.75, 3.05) is 13.1 Å². The number of carbonyl (C=O) groups excluding carboxylic acids is 1. The SMILES string of the molecule is CC1(C)C(C(=O)O)C1C(=O)N1CCCC(C(F)(F)F)C1. The van der Waals surface area contributed by atoms with Crippen molar-refractivity contribution in [2.45, 2.75) is 32.9 Å². The number of aliphatic carboxylic acids is 1. The molecule has 1 amide bonds. The lowest BCUT2D eigenvalue weighted by molar-refractivity contribution is -0.188. The van der Waals surface area contributed by atoms with Gasteiger partial charge in [0, 0.05) is 13.1 Å². The molecular formula is C13H18F3NO3. The van der Waals surface area contributed by atoms with E-state index in [1.54, 1.807) is 13.8 Å². The van der Waals surface area contributed by atoms with Crippen LogP contribution in [0, 0.1) is 23.2 Å². The van der Waals surface area contributed by atoms with Crippen LogP contribution in [0.15, 0.2) is 0 Å². The van der Waals surface area contributed by atoms with Crippen molar-refractivity contribution in [3.8, 4) is 0 Å². The predicted octanol–water partition coefficient (Wildman–Crippen LogP) is 2.14. The molecule has 3 atom stereocenters. The van der Waals surface area contributed by atoms with Crippen molar-refractivity contribution in [2.24, 2.45) is 23.2 Å². The quantitative estimate of drug-likeness (QED) is 0.848. The van der Waals surface area contributed by atoms with Gasteiger partial charge in [-0.3, -0.25) is 9.59 Å². The van der Waals surface area contributed by atoms with E-state index in [0.29, 0.717) is 6.42 Å². The van der Waals surface area contributed by atoms with Crippen LogP contribution in [-0.2, 0) is 9.59 Å². The molecule has 1 aliphatic carbocycles. The number of likely N-dealkylation sites (tertiary alicyclic amines) is 1. The van der Waals surface area contributed by atoms with Crippen LogP contribution in [0.1, 0.15) is 26.7 Å². The van der Waals surface area contributed by atoms with Crippen LogP contribution in [0.25, 0.3) is 0 Å². The maximum absolute atomic E-state index is 12.7. The van der Waals surface area contributed by atoms with E-state index < -0.39 is 41.2 Å². The van der Waals surface area contributed by atoms with E-state index >= 15 is 0 Å². The number of amides is 1. The maximum Gasteiger partial charge on any atom is 0.393 e. The van der Waals surface area contributed by atoms with Gasteiger partial charge >= 0.3 is 12.1 Å². The molecule has 0 spiro atoms. The average molecular weight is 293 g/mol. The van der Waals surface area contributed by atoms with E-state index in [2.05, 4.69) is 0 Å². The van der Waals surface area contributed by atoms with E-state index in [1.807, 2.05) is 0 Å². The second-order valence-corrected chi connectivity index (χ2v) is 6.28. The molecule has 2 rings (SSSR count). The third kappa shape index (κ3) is 2.50. The summed E-state index contributed by atoms with van der Waals surface area (Å²) in [6, 6.07) is 0. The van der Waals surface area contributed by atoms with Gasteiger partial charge in [0.25, 0.3) is 0 Å². The zero-order chi connectivity index (χ0) is 15.3. The summed E-state index contributed by atoms with van der Waals surface area (Å²) in [6.07, 6.45) is -3.96. The Morgan fingerprint density at radius 3 is 2.30 bits per heavy atom. The lowest BCUT2D eigenvalue weighted by Crippen LogP contribution is -2.45. The Labute approximate surface area is 114 Å². The molecule has 0 aromatic carbocycles. The summed E-state index contributed by atoms with van der Waals surface area (Å²) >= 11 is 0. The molecule has 2 fully saturated rings. The number of carboxylic acids is 1. The molecule has 4 nitrogen and oxygen atoms in total. The van der Waals surface area contributed by atoms with Gasteiger partial charge in [-0.15, -0.1) is 0 Å². The van der Waals surface area contributed by atoms with Crippen molar-refractivity contribution < 1.29 is 27.9 Å². The summed E-state index contributed by atoms with van der Waals surface area (Å²) in [7, 11) is 0. The predicted molar refractivity (Wildman–Crippen MR) is 63.8 cm³/mol. The molecule has 2 aliphatic rings. The van der Waals surface area contributed by atoms with Crippen molar-refractivity contribution in [3.05, 3.63) is 0 Å². The van der Waals surface area contributed by atoms with Gasteiger partial charge in [-0.25, -0.2) is 0 Å². The smallest absolute Gasteiger partial charge is 0.393 e. The highest BCUT2D eigenvalue weighted by Crippen LogP contribution is 2.59. The molecule has 0 bridgehead atoms. The number of carbonyl (C=O) groups is 2. The minimum Gasteiger partial charge on any atom is -0.481 e. The van der Waals surface area contributed by atoms with Crippen LogP contribution >= 0.6 is 0 Å². The Balaban J connectivity index is 2.06. The van der Waals surface area contributed by atoms with Crippen LogP contribution in [0.4, 0.5) is 13.2 Å². The van der Waals surface area contributed by atoms with E-state index in [-0.39, 0.29) is 19.5 Å². The lowest BCUT2D eigenvalue weighted by atomic mass is 9.96. The van der Waals surface area contributed by atoms with Crippen LogP contribution < -0.4 is 0 Å². The van der Waals surface area contributed by atoms with Gasteiger partial charge in [-0.1, -0.05) is 13.8 Å². The second kappa shape index (κ2) is 4.63. The number of rotatable bonds is 2. The molecule has 1 aliphatic heterocycles. The third-order valence-corrected chi connectivity index (χ3v) is 4.56. The van der Waals surface area contributed by atoms with Gasteiger partial charge in [0.1, 0.15) is 0 Å². The Kier molecular flexibility index (Phi) is 3.50. The van der Waals surface area contributed by atoms with Gasteiger partial charge in [0.15, 0.2) is 0 Å². The van der Waals surface area contributed by atoms with Crippen LogP contribution in [-0.4, -0.2) is 41.1 Å². The lowest BCUT2D eigenvalue weighted by Gasteiger charge is -2.34. The standard InChI is InChI=1S/C13H18F3NO3/c1-12(2)8(9(12)11(19)20)10(18)17-5-3-4-7(6-17)13(14,15)16/h7-9H,3-6H2,1-2H3,(H,19,20). The molecule has 0 aromatic heterocycles. The number of piperidine rings is 1. The van der Waals surface area contributed by atoms with Crippen molar-refractivity contribution >= 4 is 11.9 Å². The summed E-state index contributed by atoms with van der Waals surface area (Å²) in [4.78, 5) is 24.5. The summed E-state index contributed by atoms with van der Waals surface area (Å²) < 4.78 is 38.2. The molecule has 3 unspecified atom stereocenters. The first-order valence-corrected chi connectivity index (χ1v) is 6.65. The largest absolute Gasteiger partial charge is 0.481 e. The highest BCUT2D eigenvalue weighted by molar-refractivity contribution is 5.91. The fraction of sp³-hybridized carbons (Fsp3) is 0.846. The zero-order valence-corrected chi connectivity index (χ0v) is 11.4. The summed E-state index contributed by atoms with van der Waals surface area (Å²) in [6.45, 7) is 3.27. The molecule has 0 aromatic rings. The minimum absolute atomic E-state index is 0.0314. The molecule has 0 radical (unpaired) electrons. The number of halogens is 3. The fourth-order valence-electron chi connectivity index (χ4n) is 3.20. The third-order valence-electron chi connectivity index (χ3n) is 4.56. The molecule has 114 valence electrons. The Morgan fingerprint density at radius 1 is 1.25 bits per heavy atom. The molecule has 20 heavy (non-hydrogen) atoms. The van der Waals surface area contributed by atoms with Gasteiger partial charge in [0.2, 0.25) is 5.91 Å². The van der Waals surface area contributed by atoms with E-state index in [4.69, 9.17) is 5.11 Å². The van der Waals surface area contributed by atoms with Crippen LogP contribution in [0.3, 0.4) is 0 Å². The number of hydrogen-bond donors (Lipinski definition) is 1. The summed E-state index contributed by atoms with van der Waals surface area (Å²) in [5.74, 6) is -4.49. The number of carboxylic acid groups (broad SMARTS) is 1. The summed E-state index contributed by atoms with van der Waals surface area (Å²) in [5, 5.41) is 9.04. The van der Waals surface area contributed by atoms with Crippen molar-refractivity contribution in [1.82, 2.24) is 4.90 Å². The fourth-order valence-corrected chi connectivity index (χ4v) is 3.20. The topological polar surface area (TPSA) is 57.6 Å². The van der Waals surface area contributed by atoms with Gasteiger partial charge in [-0.2, -0.15) is 13.2 Å². The number of hydrogen-bond acceptors (Lipinski definition) is 2. The Hall–Kier alpha value is -1.27. The van der Waals surface area contributed by atoms with Gasteiger partial charge in [-0.05, 0) is 18.3 Å². The minimum atomic E-state index is -4.30.